The van der Waals surface area contributed by atoms with Crippen LogP contribution in [0.25, 0.3) is 0 Å². The van der Waals surface area contributed by atoms with Crippen LogP contribution in [0.1, 0.15) is 39.3 Å². The van der Waals surface area contributed by atoms with Crippen LogP contribution in [-0.2, 0) is 4.74 Å². The Bertz CT molecular complexity index is 782. The molecule has 1 aliphatic rings. The van der Waals surface area contributed by atoms with Crippen LogP contribution < -0.4 is 10.2 Å². The zero-order valence-corrected chi connectivity index (χ0v) is 14.7. The molecule has 1 unspecified atom stereocenters. The number of rotatable bonds is 4. The van der Waals surface area contributed by atoms with E-state index in [0.717, 1.165) is 11.8 Å². The molecule has 7 heteroatoms. The number of amides is 1. The standard InChI is InChI=1S/C18H21FN4O2/c1-11(13-8-6-5-7-9-13)21-16-20-10-14(19)15(22-16)23-17(24)25-12(2)18(23,3)4/h5-12H,1-4H3,(H,20,21,22)/t11-,12?/m0/s1. The molecular weight excluding hydrogens is 323 g/mol. The molecule has 0 aliphatic carbocycles. The van der Waals surface area contributed by atoms with Crippen molar-refractivity contribution >= 4 is 17.9 Å². The second kappa shape index (κ2) is 6.31. The van der Waals surface area contributed by atoms with Gasteiger partial charge in [-0.3, -0.25) is 0 Å². The third kappa shape index (κ3) is 3.14. The Morgan fingerprint density at radius 3 is 2.60 bits per heavy atom. The topological polar surface area (TPSA) is 67.3 Å². The fourth-order valence-corrected chi connectivity index (χ4v) is 2.73. The smallest absolute Gasteiger partial charge is 0.416 e. The highest BCUT2D eigenvalue weighted by molar-refractivity contribution is 5.90. The molecule has 132 valence electrons. The minimum Gasteiger partial charge on any atom is -0.444 e. The highest BCUT2D eigenvalue weighted by atomic mass is 19.1. The Kier molecular flexibility index (Phi) is 4.32. The van der Waals surface area contributed by atoms with Gasteiger partial charge in [0.25, 0.3) is 0 Å². The molecule has 1 aromatic heterocycles. The van der Waals surface area contributed by atoms with Gasteiger partial charge in [-0.15, -0.1) is 0 Å². The first-order valence-corrected chi connectivity index (χ1v) is 8.15. The number of cyclic esters (lactones) is 1. The van der Waals surface area contributed by atoms with E-state index >= 15 is 0 Å². The van der Waals surface area contributed by atoms with Crippen LogP contribution >= 0.6 is 0 Å². The molecule has 2 atom stereocenters. The number of halogens is 1. The molecule has 6 nitrogen and oxygen atoms in total. The quantitative estimate of drug-likeness (QED) is 0.911. The first-order chi connectivity index (χ1) is 11.8. The molecule has 1 N–H and O–H groups in total. The summed E-state index contributed by atoms with van der Waals surface area (Å²) >= 11 is 0. The average Bonchev–Trinajstić information content (AvgIpc) is 2.78. The van der Waals surface area contributed by atoms with Crippen LogP contribution in [0.2, 0.25) is 0 Å². The zero-order valence-electron chi connectivity index (χ0n) is 14.7. The van der Waals surface area contributed by atoms with Gasteiger partial charge in [0, 0.05) is 0 Å². The fraction of sp³-hybridized carbons (Fsp3) is 0.389. The van der Waals surface area contributed by atoms with Gasteiger partial charge >= 0.3 is 6.09 Å². The first kappa shape index (κ1) is 17.1. The van der Waals surface area contributed by atoms with Gasteiger partial charge in [0.1, 0.15) is 6.10 Å². The van der Waals surface area contributed by atoms with Crippen molar-refractivity contribution in [1.82, 2.24) is 9.97 Å². The van der Waals surface area contributed by atoms with Crippen molar-refractivity contribution < 1.29 is 13.9 Å². The molecule has 25 heavy (non-hydrogen) atoms. The normalized spacial score (nSPS) is 20.3. The molecule has 1 saturated heterocycles. The minimum atomic E-state index is -0.714. The van der Waals surface area contributed by atoms with Crippen LogP contribution in [-0.4, -0.2) is 27.7 Å². The first-order valence-electron chi connectivity index (χ1n) is 8.15. The Balaban J connectivity index is 1.90. The molecule has 1 amide bonds. The summed E-state index contributed by atoms with van der Waals surface area (Å²) in [5, 5.41) is 3.13. The molecule has 0 saturated carbocycles. The van der Waals surface area contributed by atoms with Gasteiger partial charge in [-0.2, -0.15) is 4.98 Å². The third-order valence-corrected chi connectivity index (χ3v) is 4.61. The number of nitrogens with one attached hydrogen (secondary N) is 1. The van der Waals surface area contributed by atoms with Gasteiger partial charge in [0.05, 0.1) is 17.8 Å². The van der Waals surface area contributed by atoms with E-state index < -0.39 is 17.4 Å². The maximum absolute atomic E-state index is 14.3. The zero-order chi connectivity index (χ0) is 18.2. The maximum atomic E-state index is 14.3. The molecule has 3 rings (SSSR count). The molecule has 0 spiro atoms. The highest BCUT2D eigenvalue weighted by Gasteiger charge is 2.48. The van der Waals surface area contributed by atoms with E-state index in [2.05, 4.69) is 15.3 Å². The Morgan fingerprint density at radius 2 is 2.00 bits per heavy atom. The number of anilines is 2. The average molecular weight is 344 g/mol. The Hall–Kier alpha value is -2.70. The van der Waals surface area contributed by atoms with Crippen molar-refractivity contribution in [1.29, 1.82) is 0 Å². The number of ether oxygens (including phenoxy) is 1. The summed E-state index contributed by atoms with van der Waals surface area (Å²) in [6.07, 6.45) is 0.0699. The molecular formula is C18H21FN4O2. The SMILES string of the molecule is CC1OC(=O)N(c2nc(N[C@@H](C)c3ccccc3)ncc2F)C1(C)C. The van der Waals surface area contributed by atoms with E-state index in [4.69, 9.17) is 4.74 Å². The summed E-state index contributed by atoms with van der Waals surface area (Å²) in [5.74, 6) is -0.509. The molecule has 0 bridgehead atoms. The number of nitrogens with zero attached hydrogens (tertiary/aromatic N) is 3. The van der Waals surface area contributed by atoms with E-state index in [9.17, 15) is 9.18 Å². The second-order valence-electron chi connectivity index (χ2n) is 6.66. The summed E-state index contributed by atoms with van der Waals surface area (Å²) < 4.78 is 19.6. The number of carbonyl (C=O) groups excluding carboxylic acids is 1. The molecule has 2 aromatic rings. The van der Waals surface area contributed by atoms with Crippen LogP contribution in [0.5, 0.6) is 0 Å². The predicted octanol–water partition coefficient (Wildman–Crippen LogP) is 3.91. The summed E-state index contributed by atoms with van der Waals surface area (Å²) in [7, 11) is 0. The number of hydrogen-bond donors (Lipinski definition) is 1. The van der Waals surface area contributed by atoms with Gasteiger partial charge in [-0.25, -0.2) is 19.1 Å². The fourth-order valence-electron chi connectivity index (χ4n) is 2.73. The number of aromatic nitrogens is 2. The second-order valence-corrected chi connectivity index (χ2v) is 6.66. The molecule has 2 heterocycles. The minimum absolute atomic E-state index is 0.0722. The third-order valence-electron chi connectivity index (χ3n) is 4.61. The number of carbonyl (C=O) groups is 1. The summed E-state index contributed by atoms with van der Waals surface area (Å²) in [4.78, 5) is 21.6. The Morgan fingerprint density at radius 1 is 1.32 bits per heavy atom. The van der Waals surface area contributed by atoms with Crippen molar-refractivity contribution in [3.05, 3.63) is 47.9 Å². The summed E-state index contributed by atoms with van der Waals surface area (Å²) in [6, 6.07) is 9.70. The van der Waals surface area contributed by atoms with Crippen molar-refractivity contribution in [3.8, 4) is 0 Å². The molecule has 1 aliphatic heterocycles. The van der Waals surface area contributed by atoms with Crippen molar-refractivity contribution in [2.75, 3.05) is 10.2 Å². The lowest BCUT2D eigenvalue weighted by molar-refractivity contribution is 0.129. The lowest BCUT2D eigenvalue weighted by Crippen LogP contribution is -2.46. The van der Waals surface area contributed by atoms with Gasteiger partial charge in [0.2, 0.25) is 5.95 Å². The largest absolute Gasteiger partial charge is 0.444 e. The molecule has 1 aromatic carbocycles. The van der Waals surface area contributed by atoms with Crippen LogP contribution in [0.4, 0.5) is 21.0 Å². The lowest BCUT2D eigenvalue weighted by Gasteiger charge is -2.30. The maximum Gasteiger partial charge on any atom is 0.416 e. The number of hydrogen-bond acceptors (Lipinski definition) is 5. The molecule has 0 radical (unpaired) electrons. The van der Waals surface area contributed by atoms with Crippen LogP contribution in [0, 0.1) is 5.82 Å². The van der Waals surface area contributed by atoms with Gasteiger partial charge in [-0.1, -0.05) is 30.3 Å². The van der Waals surface area contributed by atoms with Crippen LogP contribution in [0.3, 0.4) is 0 Å². The van der Waals surface area contributed by atoms with Gasteiger partial charge < -0.3 is 10.1 Å². The van der Waals surface area contributed by atoms with Gasteiger partial charge in [-0.05, 0) is 33.3 Å². The highest BCUT2D eigenvalue weighted by Crippen LogP contribution is 2.35. The predicted molar refractivity (Wildman–Crippen MR) is 93.0 cm³/mol. The Labute approximate surface area is 146 Å². The lowest BCUT2D eigenvalue weighted by atomic mass is 9.98. The van der Waals surface area contributed by atoms with Crippen LogP contribution in [0.15, 0.2) is 36.5 Å². The van der Waals surface area contributed by atoms with Crippen molar-refractivity contribution in [3.63, 3.8) is 0 Å². The van der Waals surface area contributed by atoms with Crippen molar-refractivity contribution in [2.24, 2.45) is 0 Å². The van der Waals surface area contributed by atoms with E-state index in [1.165, 1.54) is 4.90 Å². The summed E-state index contributed by atoms with van der Waals surface area (Å²) in [5.41, 5.74) is 0.334. The summed E-state index contributed by atoms with van der Waals surface area (Å²) in [6.45, 7) is 7.35. The van der Waals surface area contributed by atoms with E-state index in [1.807, 2.05) is 51.1 Å². The molecule has 1 fully saturated rings. The number of benzene rings is 1. The van der Waals surface area contributed by atoms with Crippen molar-refractivity contribution in [2.45, 2.75) is 45.4 Å². The van der Waals surface area contributed by atoms with E-state index in [0.29, 0.717) is 0 Å². The van der Waals surface area contributed by atoms with E-state index in [-0.39, 0.29) is 23.9 Å². The van der Waals surface area contributed by atoms with E-state index in [1.54, 1.807) is 6.92 Å². The van der Waals surface area contributed by atoms with Gasteiger partial charge in [0.15, 0.2) is 11.6 Å². The monoisotopic (exact) mass is 344 g/mol.